The molecule has 3 aromatic carbocycles. The maximum absolute atomic E-state index is 10.2. The molecule has 0 bridgehead atoms. The van der Waals surface area contributed by atoms with Crippen molar-refractivity contribution in [1.82, 2.24) is 4.98 Å². The van der Waals surface area contributed by atoms with E-state index in [1.807, 2.05) is 42.1 Å². The van der Waals surface area contributed by atoms with E-state index in [9.17, 15) is 5.11 Å². The zero-order valence-electron chi connectivity index (χ0n) is 22.4. The molecule has 0 unspecified atom stereocenters. The zero-order valence-corrected chi connectivity index (χ0v) is 25.5. The summed E-state index contributed by atoms with van der Waals surface area (Å²) in [5, 5.41) is 12.0. The topological polar surface area (TPSA) is 54.7 Å². The van der Waals surface area contributed by atoms with Crippen molar-refractivity contribution < 1.29 is 30.9 Å². The fourth-order valence-corrected chi connectivity index (χ4v) is 8.80. The van der Waals surface area contributed by atoms with Crippen LogP contribution in [0.2, 0.25) is 0 Å². The van der Waals surface area contributed by atoms with E-state index in [1.54, 1.807) is 12.1 Å². The van der Waals surface area contributed by atoms with Crippen molar-refractivity contribution in [2.24, 2.45) is 10.4 Å². The number of hydrogen-bond acceptors (Lipinski definition) is 5. The summed E-state index contributed by atoms with van der Waals surface area (Å²) in [6.07, 6.45) is 0. The largest absolute Gasteiger partial charge is 0.506 e. The van der Waals surface area contributed by atoms with Crippen LogP contribution < -0.4 is 4.74 Å². The molecule has 0 saturated heterocycles. The summed E-state index contributed by atoms with van der Waals surface area (Å²) in [7, 11) is 0. The fourth-order valence-electron chi connectivity index (χ4n) is 7.03. The Morgan fingerprint density at radius 2 is 1.58 bits per heavy atom. The maximum atomic E-state index is 10.2. The van der Waals surface area contributed by atoms with E-state index in [0.717, 1.165) is 16.0 Å². The zero-order chi connectivity index (χ0) is 26.2. The third-order valence-corrected chi connectivity index (χ3v) is 10.5. The van der Waals surface area contributed by atoms with Crippen molar-refractivity contribution >= 4 is 27.7 Å². The minimum absolute atomic E-state index is 0. The maximum Gasteiger partial charge on any atom is 0.217 e. The van der Waals surface area contributed by atoms with Crippen molar-refractivity contribution in [1.29, 1.82) is 0 Å². The molecule has 6 rings (SSSR count). The van der Waals surface area contributed by atoms with Crippen LogP contribution in [0.5, 0.6) is 17.4 Å². The van der Waals surface area contributed by atoms with Crippen molar-refractivity contribution in [2.45, 2.75) is 57.2 Å². The van der Waals surface area contributed by atoms with Gasteiger partial charge < -0.3 is 14.8 Å². The number of benzene rings is 3. The van der Waals surface area contributed by atoms with Gasteiger partial charge in [-0.3, -0.25) is 0 Å². The normalized spacial score (nSPS) is 23.4. The number of aromatic hydroxyl groups is 1. The molecule has 1 aliphatic heterocycles. The van der Waals surface area contributed by atoms with Crippen molar-refractivity contribution in [2.75, 3.05) is 0 Å². The van der Waals surface area contributed by atoms with Gasteiger partial charge in [-0.05, 0) is 35.6 Å². The number of aromatic nitrogens is 1. The number of thioether (sulfide) groups is 1. The Morgan fingerprint density at radius 1 is 0.868 bits per heavy atom. The molecule has 4 aromatic rings. The van der Waals surface area contributed by atoms with Crippen LogP contribution in [0.15, 0.2) is 77.8 Å². The number of nitrogens with zero attached hydrogens (tertiary/aromatic N) is 2. The molecule has 1 N–H and O–H groups in total. The van der Waals surface area contributed by atoms with Crippen LogP contribution in [-0.2, 0) is 32.0 Å². The molecule has 1 aliphatic carbocycles. The van der Waals surface area contributed by atoms with Crippen LogP contribution in [-0.4, -0.2) is 19.9 Å². The van der Waals surface area contributed by atoms with Gasteiger partial charge in [0.15, 0.2) is 0 Å². The molecule has 4 nitrogen and oxygen atoms in total. The van der Waals surface area contributed by atoms with E-state index >= 15 is 0 Å². The number of rotatable bonds is 3. The second kappa shape index (κ2) is 8.96. The van der Waals surface area contributed by atoms with Gasteiger partial charge in [-0.15, -0.1) is 35.5 Å². The van der Waals surface area contributed by atoms with Gasteiger partial charge in [0.1, 0.15) is 11.3 Å². The second-order valence-corrected chi connectivity index (χ2v) is 12.9. The van der Waals surface area contributed by atoms with E-state index in [1.165, 1.54) is 11.1 Å². The molecule has 1 aromatic heterocycles. The van der Waals surface area contributed by atoms with E-state index in [4.69, 9.17) is 9.73 Å². The third kappa shape index (κ3) is 3.62. The van der Waals surface area contributed by atoms with Gasteiger partial charge in [-0.1, -0.05) is 77.1 Å². The minimum atomic E-state index is -0.381. The van der Waals surface area contributed by atoms with E-state index in [-0.39, 0.29) is 47.9 Å². The average Bonchev–Trinajstić information content (AvgIpc) is 3.27. The number of fused-ring (bicyclic) bond motifs is 4. The number of phenols is 1. The average molecular weight is 703 g/mol. The molecule has 2 heterocycles. The van der Waals surface area contributed by atoms with E-state index in [0.29, 0.717) is 17.1 Å². The molecule has 2 atom stereocenters. The minimum Gasteiger partial charge on any atom is -0.506 e. The van der Waals surface area contributed by atoms with Gasteiger partial charge in [0.05, 0.1) is 10.3 Å². The van der Waals surface area contributed by atoms with Crippen molar-refractivity contribution in [3.05, 3.63) is 95.6 Å². The molecular weight excluding hydrogens is 672 g/mol. The van der Waals surface area contributed by atoms with Crippen LogP contribution in [0.25, 0.3) is 10.9 Å². The monoisotopic (exact) mass is 702 g/mol. The van der Waals surface area contributed by atoms with Gasteiger partial charge in [-0.25, -0.2) is 4.98 Å². The predicted molar refractivity (Wildman–Crippen MR) is 152 cm³/mol. The molecule has 2 aliphatic rings. The van der Waals surface area contributed by atoms with Gasteiger partial charge in [0.2, 0.25) is 5.88 Å². The predicted octanol–water partition coefficient (Wildman–Crippen LogP) is 8.02. The summed E-state index contributed by atoms with van der Waals surface area (Å²) in [5.74, 6) is 1.11. The Bertz CT molecular complexity index is 1590. The summed E-state index contributed by atoms with van der Waals surface area (Å²) >= 11 is 1.88. The van der Waals surface area contributed by atoms with Crippen LogP contribution >= 0.6 is 11.8 Å². The molecule has 0 radical (unpaired) electrons. The van der Waals surface area contributed by atoms with Crippen LogP contribution in [0.4, 0.5) is 0 Å². The summed E-state index contributed by atoms with van der Waals surface area (Å²) in [4.78, 5) is 9.99. The quantitative estimate of drug-likeness (QED) is 0.220. The molecule has 6 heteroatoms. The first-order chi connectivity index (χ1) is 17.5. The SMILES string of the molecule is CC(C)(C)[C@]12SC(c3[c-]c(Oc4ccc5cccc(O)c5n4)ccc3)=N[C@@]1(C)c1ccccc1C2(C)C.[Pt]. The Labute approximate surface area is 243 Å². The standard InChI is InChI=1S/C32H31N2O2S.Pt/c1-29(2,3)32-30(4,5)23-14-7-8-15-24(23)31(32,6)34-28(37-32)21-12-9-13-22(19-21)36-26-18-17-20-11-10-16-25(35)27(20)33-26;/h7-18,35H,1-6H3;/q-1;/t31-,32+;/m0./s1. The molecule has 0 fully saturated rings. The number of ether oxygens (including phenoxy) is 1. The molecular formula is C32H31N2O2PtS-. The number of pyridine rings is 1. The summed E-state index contributed by atoms with van der Waals surface area (Å²) < 4.78 is 5.92. The first-order valence-electron chi connectivity index (χ1n) is 12.7. The Kier molecular flexibility index (Phi) is 6.36. The number of para-hydroxylation sites is 1. The molecule has 198 valence electrons. The summed E-state index contributed by atoms with van der Waals surface area (Å²) in [6.45, 7) is 14.1. The summed E-state index contributed by atoms with van der Waals surface area (Å²) in [6, 6.07) is 27.2. The fraction of sp³-hybridized carbons (Fsp3) is 0.312. The van der Waals surface area contributed by atoms with Crippen molar-refractivity contribution in [3.63, 3.8) is 0 Å². The molecule has 38 heavy (non-hydrogen) atoms. The van der Waals surface area contributed by atoms with Gasteiger partial charge in [-0.2, -0.15) is 0 Å². The van der Waals surface area contributed by atoms with Crippen LogP contribution in [0.1, 0.15) is 58.2 Å². The Balaban J connectivity index is 0.00000294. The van der Waals surface area contributed by atoms with Crippen LogP contribution in [0, 0.1) is 11.5 Å². The Hall–Kier alpha value is -2.62. The second-order valence-electron chi connectivity index (χ2n) is 11.7. The number of aliphatic imine (C=N–C) groups is 1. The third-order valence-electron chi connectivity index (χ3n) is 8.21. The molecule has 0 amide bonds. The number of hydrogen-bond donors (Lipinski definition) is 1. The first kappa shape index (κ1) is 27.0. The first-order valence-corrected chi connectivity index (χ1v) is 13.5. The molecule has 0 spiro atoms. The van der Waals surface area contributed by atoms with Gasteiger partial charge in [0, 0.05) is 48.7 Å². The van der Waals surface area contributed by atoms with Crippen LogP contribution in [0.3, 0.4) is 0 Å². The molecule has 0 saturated carbocycles. The van der Waals surface area contributed by atoms with E-state index < -0.39 is 0 Å². The number of phenolic OH excluding ortho intramolecular Hbond substituents is 1. The summed E-state index contributed by atoms with van der Waals surface area (Å²) in [5.41, 5.74) is 3.61. The van der Waals surface area contributed by atoms with Gasteiger partial charge in [0.25, 0.3) is 0 Å². The van der Waals surface area contributed by atoms with Gasteiger partial charge >= 0.3 is 0 Å². The van der Waals surface area contributed by atoms with E-state index in [2.05, 4.69) is 82.9 Å². The van der Waals surface area contributed by atoms with Crippen molar-refractivity contribution in [3.8, 4) is 17.4 Å². The smallest absolute Gasteiger partial charge is 0.217 e. The Morgan fingerprint density at radius 3 is 2.32 bits per heavy atom.